The molecule has 1 atom stereocenters. The second-order valence-electron chi connectivity index (χ2n) is 2.77. The van der Waals surface area contributed by atoms with Crippen molar-refractivity contribution in [2.24, 2.45) is 5.92 Å². The number of nitrogens with one attached hydrogen (secondary N) is 1. The molecule has 0 aromatic rings. The molecule has 0 aromatic heterocycles. The van der Waals surface area contributed by atoms with E-state index in [-0.39, 0.29) is 5.92 Å². The third-order valence-electron chi connectivity index (χ3n) is 1.38. The van der Waals surface area contributed by atoms with Gasteiger partial charge in [-0.1, -0.05) is 13.8 Å². The van der Waals surface area contributed by atoms with Gasteiger partial charge in [-0.2, -0.15) is 0 Å². The van der Waals surface area contributed by atoms with Gasteiger partial charge in [0.2, 0.25) is 5.91 Å². The molecule has 0 aliphatic rings. The number of hydrogen-bond donors (Lipinski definition) is 2. The van der Waals surface area contributed by atoms with E-state index in [1.165, 1.54) is 0 Å². The molecule has 1 unspecified atom stereocenters. The van der Waals surface area contributed by atoms with E-state index in [1.54, 1.807) is 13.8 Å². The zero-order chi connectivity index (χ0) is 9.72. The first-order valence-corrected chi connectivity index (χ1v) is 3.59. The number of carboxylic acid groups (broad SMARTS) is 1. The first-order chi connectivity index (χ1) is 5.49. The van der Waals surface area contributed by atoms with Gasteiger partial charge in [0.25, 0.3) is 0 Å². The van der Waals surface area contributed by atoms with Crippen LogP contribution in [-0.2, 0) is 14.7 Å². The molecule has 0 saturated heterocycles. The fourth-order valence-electron chi connectivity index (χ4n) is 0.729. The number of rotatable bonds is 4. The predicted molar refractivity (Wildman–Crippen MR) is 40.0 cm³/mol. The van der Waals surface area contributed by atoms with E-state index in [2.05, 4.69) is 5.32 Å². The smallest absolute Gasteiger partial charge is 0.326 e. The Balaban J connectivity index is 4.14. The summed E-state index contributed by atoms with van der Waals surface area (Å²) in [7, 11) is 0. The fraction of sp³-hybridized carbons (Fsp3) is 0.714. The first-order valence-electron chi connectivity index (χ1n) is 3.59. The molecule has 0 saturated carbocycles. The van der Waals surface area contributed by atoms with Crippen molar-refractivity contribution in [1.29, 1.82) is 0 Å². The normalized spacial score (nSPS) is 12.7. The summed E-state index contributed by atoms with van der Waals surface area (Å²) < 4.78 is 0. The minimum absolute atomic E-state index is 0.224. The van der Waals surface area contributed by atoms with Gasteiger partial charge in [0.05, 0.1) is 0 Å². The van der Waals surface area contributed by atoms with Crippen molar-refractivity contribution < 1.29 is 19.8 Å². The van der Waals surface area contributed by atoms with Crippen molar-refractivity contribution in [2.75, 3.05) is 6.61 Å². The standard InChI is InChI=1S/C7H12NO4/c1-4(2)6(7(11)12)8-5(10)3-9/h4,6H,3H2,1-2H3,(H,8,10)(H,11,12). The lowest BCUT2D eigenvalue weighted by molar-refractivity contribution is -0.143. The van der Waals surface area contributed by atoms with E-state index in [0.29, 0.717) is 0 Å². The van der Waals surface area contributed by atoms with E-state index >= 15 is 0 Å². The zero-order valence-electron chi connectivity index (χ0n) is 7.03. The van der Waals surface area contributed by atoms with Crippen molar-refractivity contribution in [3.63, 3.8) is 0 Å². The number of carboxylic acids is 1. The van der Waals surface area contributed by atoms with Gasteiger partial charge in [-0.25, -0.2) is 9.90 Å². The van der Waals surface area contributed by atoms with Gasteiger partial charge in [0.15, 0.2) is 6.61 Å². The van der Waals surface area contributed by atoms with E-state index in [4.69, 9.17) is 5.11 Å². The summed E-state index contributed by atoms with van der Waals surface area (Å²) in [5.74, 6) is -2.12. The number of hydrogen-bond acceptors (Lipinski definition) is 2. The van der Waals surface area contributed by atoms with Crippen LogP contribution in [0.15, 0.2) is 0 Å². The highest BCUT2D eigenvalue weighted by molar-refractivity contribution is 5.84. The molecule has 0 spiro atoms. The fourth-order valence-corrected chi connectivity index (χ4v) is 0.729. The molecule has 0 fully saturated rings. The second kappa shape index (κ2) is 4.71. The molecule has 69 valence electrons. The van der Waals surface area contributed by atoms with E-state index in [9.17, 15) is 14.7 Å². The molecule has 5 heteroatoms. The van der Waals surface area contributed by atoms with Gasteiger partial charge in [0.1, 0.15) is 6.04 Å². The summed E-state index contributed by atoms with van der Waals surface area (Å²) in [6.45, 7) is 2.38. The van der Waals surface area contributed by atoms with Gasteiger partial charge in [-0.15, -0.1) is 0 Å². The Hall–Kier alpha value is -1.10. The van der Waals surface area contributed by atoms with Crippen LogP contribution in [0.1, 0.15) is 13.8 Å². The maximum Gasteiger partial charge on any atom is 0.326 e. The quantitative estimate of drug-likeness (QED) is 0.610. The molecule has 12 heavy (non-hydrogen) atoms. The van der Waals surface area contributed by atoms with Gasteiger partial charge < -0.3 is 10.4 Å². The number of aliphatic carboxylic acids is 1. The highest BCUT2D eigenvalue weighted by Crippen LogP contribution is 2.00. The van der Waals surface area contributed by atoms with Crippen LogP contribution in [0.25, 0.3) is 0 Å². The third-order valence-corrected chi connectivity index (χ3v) is 1.38. The molecule has 0 bridgehead atoms. The van der Waals surface area contributed by atoms with E-state index in [0.717, 1.165) is 0 Å². The van der Waals surface area contributed by atoms with Crippen LogP contribution in [0, 0.1) is 5.92 Å². The molecular weight excluding hydrogens is 162 g/mol. The van der Waals surface area contributed by atoms with E-state index in [1.807, 2.05) is 0 Å². The highest BCUT2D eigenvalue weighted by atomic mass is 16.4. The van der Waals surface area contributed by atoms with Crippen molar-refractivity contribution in [3.05, 3.63) is 0 Å². The minimum atomic E-state index is -1.12. The van der Waals surface area contributed by atoms with Crippen LogP contribution < -0.4 is 5.32 Å². The van der Waals surface area contributed by atoms with Crippen LogP contribution in [-0.4, -0.2) is 29.6 Å². The SMILES string of the molecule is CC(C)C(NC(=O)C[O])C(=O)O. The lowest BCUT2D eigenvalue weighted by Crippen LogP contribution is -2.45. The Kier molecular flexibility index (Phi) is 4.28. The Bertz CT molecular complexity index is 178. The van der Waals surface area contributed by atoms with Crippen molar-refractivity contribution in [2.45, 2.75) is 19.9 Å². The molecule has 1 amide bonds. The summed E-state index contributed by atoms with van der Waals surface area (Å²) in [5.41, 5.74) is 0. The molecular formula is C7H12NO4. The molecule has 1 radical (unpaired) electrons. The maximum absolute atomic E-state index is 10.5. The number of amides is 1. The van der Waals surface area contributed by atoms with Crippen LogP contribution in [0.2, 0.25) is 0 Å². The first kappa shape index (κ1) is 10.9. The summed E-state index contributed by atoms with van der Waals surface area (Å²) >= 11 is 0. The molecule has 5 nitrogen and oxygen atoms in total. The molecule has 0 aliphatic carbocycles. The largest absolute Gasteiger partial charge is 0.480 e. The summed E-state index contributed by atoms with van der Waals surface area (Å²) in [6.07, 6.45) is 0. The van der Waals surface area contributed by atoms with Gasteiger partial charge in [-0.3, -0.25) is 4.79 Å². The van der Waals surface area contributed by atoms with Crippen LogP contribution in [0.5, 0.6) is 0 Å². The Morgan fingerprint density at radius 3 is 2.17 bits per heavy atom. The topological polar surface area (TPSA) is 86.3 Å². The van der Waals surface area contributed by atoms with Gasteiger partial charge in [-0.05, 0) is 5.92 Å². The molecule has 2 N–H and O–H groups in total. The second-order valence-corrected chi connectivity index (χ2v) is 2.77. The number of carbonyl (C=O) groups is 2. The highest BCUT2D eigenvalue weighted by Gasteiger charge is 2.22. The van der Waals surface area contributed by atoms with Crippen LogP contribution in [0.3, 0.4) is 0 Å². The summed E-state index contributed by atoms with van der Waals surface area (Å²) in [4.78, 5) is 21.0. The van der Waals surface area contributed by atoms with Crippen molar-refractivity contribution >= 4 is 11.9 Å². The zero-order valence-corrected chi connectivity index (χ0v) is 7.03. The average molecular weight is 174 g/mol. The lowest BCUT2D eigenvalue weighted by Gasteiger charge is -2.16. The molecule has 0 rings (SSSR count). The third kappa shape index (κ3) is 3.34. The van der Waals surface area contributed by atoms with Crippen LogP contribution >= 0.6 is 0 Å². The Morgan fingerprint density at radius 2 is 1.92 bits per heavy atom. The molecule has 0 aromatic carbocycles. The van der Waals surface area contributed by atoms with Gasteiger partial charge >= 0.3 is 5.97 Å². The lowest BCUT2D eigenvalue weighted by atomic mass is 10.1. The Labute approximate surface area is 70.4 Å². The average Bonchev–Trinajstić information content (AvgIpc) is 1.98. The van der Waals surface area contributed by atoms with Crippen LogP contribution in [0.4, 0.5) is 0 Å². The maximum atomic E-state index is 10.5. The van der Waals surface area contributed by atoms with Gasteiger partial charge in [0, 0.05) is 0 Å². The summed E-state index contributed by atoms with van der Waals surface area (Å²) in [5, 5.41) is 20.7. The number of carbonyl (C=O) groups excluding carboxylic acids is 1. The molecule has 0 aliphatic heterocycles. The predicted octanol–water partition coefficient (Wildman–Crippen LogP) is -0.358. The molecule has 0 heterocycles. The van der Waals surface area contributed by atoms with Crippen molar-refractivity contribution in [1.82, 2.24) is 5.32 Å². The van der Waals surface area contributed by atoms with Crippen molar-refractivity contribution in [3.8, 4) is 0 Å². The minimum Gasteiger partial charge on any atom is -0.480 e. The monoisotopic (exact) mass is 174 g/mol. The Morgan fingerprint density at radius 1 is 1.42 bits per heavy atom. The van der Waals surface area contributed by atoms with E-state index < -0.39 is 24.5 Å². The summed E-state index contributed by atoms with van der Waals surface area (Å²) in [6, 6.07) is -0.966.